The molecule has 0 fully saturated rings. The maximum atomic E-state index is 2.35. The zero-order chi connectivity index (χ0) is 12.4. The normalized spacial score (nSPS) is 16.4. The molecule has 0 aromatic heterocycles. The zero-order valence-electron chi connectivity index (χ0n) is 10.7. The molecule has 3 aliphatic carbocycles. The Kier molecular flexibility index (Phi) is 1.69. The zero-order valence-corrected chi connectivity index (χ0v) is 10.7. The second-order valence-corrected chi connectivity index (χ2v) is 5.68. The number of benzene rings is 2. The molecular weight excluding hydrogens is 228 g/mol. The van der Waals surface area contributed by atoms with Crippen LogP contribution in [0.15, 0.2) is 36.4 Å². The predicted molar refractivity (Wildman–Crippen MR) is 80.2 cm³/mol. The van der Waals surface area contributed by atoms with Gasteiger partial charge in [-0.3, -0.25) is 0 Å². The van der Waals surface area contributed by atoms with E-state index < -0.39 is 0 Å². The summed E-state index contributed by atoms with van der Waals surface area (Å²) in [5.41, 5.74) is 12.2. The van der Waals surface area contributed by atoms with Crippen LogP contribution in [0.3, 0.4) is 0 Å². The quantitative estimate of drug-likeness (QED) is 0.548. The van der Waals surface area contributed by atoms with Crippen LogP contribution in [-0.4, -0.2) is 0 Å². The van der Waals surface area contributed by atoms with Gasteiger partial charge in [0, 0.05) is 0 Å². The monoisotopic (exact) mass is 242 g/mol. The Morgan fingerprint density at radius 2 is 1.47 bits per heavy atom. The molecule has 0 bridgehead atoms. The highest BCUT2D eigenvalue weighted by Gasteiger charge is 2.29. The SMILES string of the molecule is C1=Cc2c(c3c(c4c2Cc2ccccc2-4)C=CC3)C1. The van der Waals surface area contributed by atoms with E-state index in [9.17, 15) is 0 Å². The minimum absolute atomic E-state index is 1.11. The van der Waals surface area contributed by atoms with Crippen LogP contribution in [0, 0.1) is 0 Å². The van der Waals surface area contributed by atoms with E-state index in [1.807, 2.05) is 0 Å². The van der Waals surface area contributed by atoms with Crippen LogP contribution in [0.25, 0.3) is 23.3 Å². The number of hydrogen-bond acceptors (Lipinski definition) is 0. The van der Waals surface area contributed by atoms with E-state index in [2.05, 4.69) is 48.6 Å². The molecule has 0 nitrogen and oxygen atoms in total. The van der Waals surface area contributed by atoms with E-state index in [-0.39, 0.29) is 0 Å². The van der Waals surface area contributed by atoms with Crippen LogP contribution in [-0.2, 0) is 19.3 Å². The molecular formula is C19H14. The van der Waals surface area contributed by atoms with E-state index >= 15 is 0 Å². The van der Waals surface area contributed by atoms with E-state index in [1.165, 1.54) is 27.8 Å². The number of hydrogen-bond donors (Lipinski definition) is 0. The molecule has 0 amide bonds. The van der Waals surface area contributed by atoms with Gasteiger partial charge in [0.2, 0.25) is 0 Å². The van der Waals surface area contributed by atoms with E-state index in [0.717, 1.165) is 19.3 Å². The molecule has 0 atom stereocenters. The van der Waals surface area contributed by atoms with Crippen molar-refractivity contribution in [3.63, 3.8) is 0 Å². The molecule has 0 heterocycles. The smallest absolute Gasteiger partial charge is 0.000718 e. The topological polar surface area (TPSA) is 0 Å². The van der Waals surface area contributed by atoms with E-state index in [0.29, 0.717) is 0 Å². The van der Waals surface area contributed by atoms with Crippen LogP contribution in [0.2, 0.25) is 0 Å². The third kappa shape index (κ3) is 1.10. The minimum Gasteiger partial charge on any atom is -0.0795 e. The van der Waals surface area contributed by atoms with Crippen molar-refractivity contribution in [1.29, 1.82) is 0 Å². The van der Waals surface area contributed by atoms with E-state index in [1.54, 1.807) is 16.7 Å². The van der Waals surface area contributed by atoms with Crippen molar-refractivity contribution in [2.75, 3.05) is 0 Å². The van der Waals surface area contributed by atoms with Crippen LogP contribution in [0.5, 0.6) is 0 Å². The van der Waals surface area contributed by atoms with Crippen molar-refractivity contribution >= 4 is 12.2 Å². The fraction of sp³-hybridized carbons (Fsp3) is 0.158. The van der Waals surface area contributed by atoms with Gasteiger partial charge in [-0.1, -0.05) is 48.6 Å². The molecule has 5 rings (SSSR count). The Morgan fingerprint density at radius 1 is 0.737 bits per heavy atom. The summed E-state index contributed by atoms with van der Waals surface area (Å²) in [6.07, 6.45) is 12.7. The van der Waals surface area contributed by atoms with Crippen molar-refractivity contribution < 1.29 is 0 Å². The van der Waals surface area contributed by atoms with Crippen LogP contribution >= 0.6 is 0 Å². The molecule has 0 heteroatoms. The third-order valence-corrected chi connectivity index (χ3v) is 4.78. The van der Waals surface area contributed by atoms with Gasteiger partial charge in [0.15, 0.2) is 0 Å². The Bertz CT molecular complexity index is 788. The molecule has 0 saturated carbocycles. The second kappa shape index (κ2) is 3.27. The summed E-state index contributed by atoms with van der Waals surface area (Å²) in [6.45, 7) is 0. The first-order valence-electron chi connectivity index (χ1n) is 7.05. The molecule has 2 aromatic carbocycles. The summed E-state index contributed by atoms with van der Waals surface area (Å²) in [5.74, 6) is 0. The average Bonchev–Trinajstić information content (AvgIpc) is 3.14. The van der Waals surface area contributed by atoms with Gasteiger partial charge in [0.25, 0.3) is 0 Å². The fourth-order valence-corrected chi connectivity index (χ4v) is 4.00. The van der Waals surface area contributed by atoms with Gasteiger partial charge in [-0.25, -0.2) is 0 Å². The highest BCUT2D eigenvalue weighted by atomic mass is 14.3. The molecule has 3 aliphatic rings. The summed E-state index contributed by atoms with van der Waals surface area (Å²) in [6, 6.07) is 8.91. The number of rotatable bonds is 0. The van der Waals surface area contributed by atoms with Crippen LogP contribution < -0.4 is 0 Å². The van der Waals surface area contributed by atoms with Gasteiger partial charge in [-0.05, 0) is 63.8 Å². The van der Waals surface area contributed by atoms with Crippen molar-refractivity contribution in [2.45, 2.75) is 19.3 Å². The van der Waals surface area contributed by atoms with Crippen LogP contribution in [0.4, 0.5) is 0 Å². The lowest BCUT2D eigenvalue weighted by atomic mass is 9.89. The Balaban J connectivity index is 1.95. The standard InChI is InChI=1S/C19H14/c1-2-6-13-12(5-1)11-18-16-9-3-7-14(16)15-8-4-10-17(15)19(13)18/h1-6,9-10H,7-8,11H2. The molecule has 0 spiro atoms. The molecule has 0 unspecified atom stereocenters. The number of fused-ring (bicyclic) bond motifs is 8. The molecule has 0 saturated heterocycles. The molecule has 0 N–H and O–H groups in total. The maximum absolute atomic E-state index is 2.35. The largest absolute Gasteiger partial charge is 0.0795 e. The van der Waals surface area contributed by atoms with Gasteiger partial charge in [0.05, 0.1) is 0 Å². The summed E-state index contributed by atoms with van der Waals surface area (Å²) < 4.78 is 0. The maximum Gasteiger partial charge on any atom is -0.000718 e. The molecule has 2 aromatic rings. The lowest BCUT2D eigenvalue weighted by molar-refractivity contribution is 1.16. The van der Waals surface area contributed by atoms with E-state index in [4.69, 9.17) is 0 Å². The lowest BCUT2D eigenvalue weighted by Crippen LogP contribution is -1.99. The summed E-state index contributed by atoms with van der Waals surface area (Å²) >= 11 is 0. The second-order valence-electron chi connectivity index (χ2n) is 5.68. The minimum atomic E-state index is 1.11. The highest BCUT2D eigenvalue weighted by Crippen LogP contribution is 2.47. The summed E-state index contributed by atoms with van der Waals surface area (Å²) in [4.78, 5) is 0. The van der Waals surface area contributed by atoms with Gasteiger partial charge < -0.3 is 0 Å². The first-order chi connectivity index (χ1) is 9.43. The molecule has 0 radical (unpaired) electrons. The molecule has 19 heavy (non-hydrogen) atoms. The first kappa shape index (κ1) is 9.80. The van der Waals surface area contributed by atoms with Crippen molar-refractivity contribution in [2.24, 2.45) is 0 Å². The number of allylic oxidation sites excluding steroid dienone is 2. The molecule has 90 valence electrons. The fourth-order valence-electron chi connectivity index (χ4n) is 4.00. The van der Waals surface area contributed by atoms with Crippen molar-refractivity contribution in [3.8, 4) is 11.1 Å². The van der Waals surface area contributed by atoms with Crippen molar-refractivity contribution in [1.82, 2.24) is 0 Å². The first-order valence-corrected chi connectivity index (χ1v) is 7.05. The molecule has 0 aliphatic heterocycles. The van der Waals surface area contributed by atoms with Gasteiger partial charge in [0.1, 0.15) is 0 Å². The Hall–Kier alpha value is -2.08. The van der Waals surface area contributed by atoms with Gasteiger partial charge in [-0.2, -0.15) is 0 Å². The lowest BCUT2D eigenvalue weighted by Gasteiger charge is -2.15. The summed E-state index contributed by atoms with van der Waals surface area (Å²) in [7, 11) is 0. The predicted octanol–water partition coefficient (Wildman–Crippen LogP) is 4.40. The summed E-state index contributed by atoms with van der Waals surface area (Å²) in [5, 5.41) is 0. The van der Waals surface area contributed by atoms with Crippen molar-refractivity contribution in [3.05, 3.63) is 69.8 Å². The highest BCUT2D eigenvalue weighted by molar-refractivity contribution is 5.92. The van der Waals surface area contributed by atoms with Gasteiger partial charge >= 0.3 is 0 Å². The Labute approximate surface area is 113 Å². The average molecular weight is 242 g/mol. The van der Waals surface area contributed by atoms with Crippen LogP contribution in [0.1, 0.15) is 33.4 Å². The Morgan fingerprint density at radius 3 is 2.37 bits per heavy atom. The van der Waals surface area contributed by atoms with Gasteiger partial charge in [-0.15, -0.1) is 0 Å². The third-order valence-electron chi connectivity index (χ3n) is 4.78.